The van der Waals surface area contributed by atoms with Crippen molar-refractivity contribution in [2.45, 2.75) is 19.4 Å². The van der Waals surface area contributed by atoms with Crippen LogP contribution in [0.25, 0.3) is 0 Å². The Morgan fingerprint density at radius 3 is 2.88 bits per heavy atom. The van der Waals surface area contributed by atoms with Crippen molar-refractivity contribution in [1.29, 1.82) is 0 Å². The van der Waals surface area contributed by atoms with Crippen LogP contribution < -0.4 is 10.2 Å². The van der Waals surface area contributed by atoms with Crippen molar-refractivity contribution in [3.8, 4) is 0 Å². The van der Waals surface area contributed by atoms with Crippen LogP contribution in [0.15, 0.2) is 12.3 Å². The van der Waals surface area contributed by atoms with Gasteiger partial charge in [0.05, 0.1) is 19.3 Å². The molecule has 0 unspecified atom stereocenters. The summed E-state index contributed by atoms with van der Waals surface area (Å²) >= 11 is 0. The third kappa shape index (κ3) is 2.74. The van der Waals surface area contributed by atoms with Gasteiger partial charge in [0.25, 0.3) is 0 Å². The van der Waals surface area contributed by atoms with Crippen LogP contribution in [0.5, 0.6) is 0 Å². The summed E-state index contributed by atoms with van der Waals surface area (Å²) in [7, 11) is 0. The first-order valence-corrected chi connectivity index (χ1v) is 6.00. The Balaban J connectivity index is 1.86. The summed E-state index contributed by atoms with van der Waals surface area (Å²) in [4.78, 5) is 2.39. The van der Waals surface area contributed by atoms with E-state index < -0.39 is 0 Å². The maximum atomic E-state index is 8.66. The summed E-state index contributed by atoms with van der Waals surface area (Å²) in [5.74, 6) is 1.23. The Morgan fingerprint density at radius 1 is 1.31 bits per heavy atom. The molecule has 1 aliphatic rings. The van der Waals surface area contributed by atoms with Gasteiger partial charge in [-0.15, -0.1) is 0 Å². The first-order chi connectivity index (χ1) is 7.92. The maximum absolute atomic E-state index is 8.66. The number of nitrogens with one attached hydrogen (secondary N) is 1. The lowest BCUT2D eigenvalue weighted by atomic mass is 10.4. The Labute approximate surface area is 96.1 Å². The Hall–Kier alpha value is -1.07. The summed E-state index contributed by atoms with van der Waals surface area (Å²) < 4.78 is 2.04. The summed E-state index contributed by atoms with van der Waals surface area (Å²) in [5.41, 5.74) is 0. The summed E-state index contributed by atoms with van der Waals surface area (Å²) in [6.45, 7) is 4.85. The molecule has 1 fully saturated rings. The minimum Gasteiger partial charge on any atom is -0.395 e. The fourth-order valence-corrected chi connectivity index (χ4v) is 2.10. The predicted octanol–water partition coefficient (Wildman–Crippen LogP) is 0.0652. The number of hydrogen-bond donors (Lipinski definition) is 2. The van der Waals surface area contributed by atoms with Gasteiger partial charge in [-0.25, -0.2) is 4.68 Å². The van der Waals surface area contributed by atoms with E-state index in [4.69, 9.17) is 5.11 Å². The Kier molecular flexibility index (Phi) is 4.18. The minimum atomic E-state index is 0.193. The number of aromatic nitrogens is 2. The van der Waals surface area contributed by atoms with Gasteiger partial charge in [0.2, 0.25) is 0 Å². The molecule has 0 saturated carbocycles. The van der Waals surface area contributed by atoms with Crippen molar-refractivity contribution in [2.24, 2.45) is 0 Å². The first-order valence-electron chi connectivity index (χ1n) is 6.00. The van der Waals surface area contributed by atoms with Crippen LogP contribution in [0.3, 0.4) is 0 Å². The van der Waals surface area contributed by atoms with Gasteiger partial charge in [0, 0.05) is 32.2 Å². The number of hydrogen-bond acceptors (Lipinski definition) is 4. The molecule has 2 rings (SSSR count). The molecule has 1 saturated heterocycles. The fourth-order valence-electron chi connectivity index (χ4n) is 2.10. The quantitative estimate of drug-likeness (QED) is 0.671. The van der Waals surface area contributed by atoms with E-state index in [1.165, 1.54) is 18.7 Å². The molecule has 0 radical (unpaired) electrons. The summed E-state index contributed by atoms with van der Waals surface area (Å²) in [6.07, 6.45) is 4.43. The molecule has 90 valence electrons. The van der Waals surface area contributed by atoms with Gasteiger partial charge in [-0.1, -0.05) is 0 Å². The zero-order valence-corrected chi connectivity index (χ0v) is 9.60. The second-order valence-electron chi connectivity index (χ2n) is 4.08. The van der Waals surface area contributed by atoms with Gasteiger partial charge < -0.3 is 15.3 Å². The van der Waals surface area contributed by atoms with Crippen LogP contribution >= 0.6 is 0 Å². The topological polar surface area (TPSA) is 53.3 Å². The molecule has 0 atom stereocenters. The van der Waals surface area contributed by atoms with Crippen molar-refractivity contribution >= 4 is 5.82 Å². The standard InChI is InChI=1S/C11H20N4O/c16-10-6-12-5-9-15-11(3-4-13-15)14-7-1-2-8-14/h3-4,12,16H,1-2,5-10H2. The first kappa shape index (κ1) is 11.4. The largest absolute Gasteiger partial charge is 0.395 e. The van der Waals surface area contributed by atoms with E-state index in [-0.39, 0.29) is 6.61 Å². The van der Waals surface area contributed by atoms with E-state index in [0.717, 1.165) is 26.2 Å². The molecule has 1 aromatic rings. The van der Waals surface area contributed by atoms with Gasteiger partial charge in [-0.05, 0) is 12.8 Å². The zero-order valence-electron chi connectivity index (χ0n) is 9.60. The average Bonchev–Trinajstić information content (AvgIpc) is 2.94. The summed E-state index contributed by atoms with van der Waals surface area (Å²) in [5, 5.41) is 16.2. The molecule has 5 heteroatoms. The Morgan fingerprint density at radius 2 is 2.12 bits per heavy atom. The van der Waals surface area contributed by atoms with E-state index in [2.05, 4.69) is 21.4 Å². The highest BCUT2D eigenvalue weighted by Crippen LogP contribution is 2.18. The summed E-state index contributed by atoms with van der Waals surface area (Å²) in [6, 6.07) is 2.08. The SMILES string of the molecule is OCCNCCn1nccc1N1CCCC1. The van der Waals surface area contributed by atoms with Crippen LogP contribution in [0, 0.1) is 0 Å². The lowest BCUT2D eigenvalue weighted by molar-refractivity contribution is 0.291. The normalized spacial score (nSPS) is 15.9. The highest BCUT2D eigenvalue weighted by Gasteiger charge is 2.15. The molecule has 16 heavy (non-hydrogen) atoms. The molecule has 2 N–H and O–H groups in total. The highest BCUT2D eigenvalue weighted by molar-refractivity contribution is 5.39. The van der Waals surface area contributed by atoms with E-state index in [1.54, 1.807) is 0 Å². The molecule has 0 amide bonds. The predicted molar refractivity (Wildman–Crippen MR) is 63.6 cm³/mol. The van der Waals surface area contributed by atoms with E-state index in [0.29, 0.717) is 6.54 Å². The van der Waals surface area contributed by atoms with Gasteiger partial charge in [0.1, 0.15) is 5.82 Å². The smallest absolute Gasteiger partial charge is 0.126 e. The number of aliphatic hydroxyl groups excluding tert-OH is 1. The van der Waals surface area contributed by atoms with Crippen molar-refractivity contribution in [2.75, 3.05) is 37.7 Å². The van der Waals surface area contributed by atoms with Gasteiger partial charge in [0.15, 0.2) is 0 Å². The molecule has 0 aliphatic carbocycles. The number of aliphatic hydroxyl groups is 1. The van der Waals surface area contributed by atoms with Crippen molar-refractivity contribution in [1.82, 2.24) is 15.1 Å². The van der Waals surface area contributed by atoms with Crippen LogP contribution in [0.1, 0.15) is 12.8 Å². The fraction of sp³-hybridized carbons (Fsp3) is 0.727. The van der Waals surface area contributed by atoms with Crippen LogP contribution in [-0.2, 0) is 6.54 Å². The van der Waals surface area contributed by atoms with Crippen LogP contribution in [0.2, 0.25) is 0 Å². The Bertz CT molecular complexity index is 307. The molecular weight excluding hydrogens is 204 g/mol. The minimum absolute atomic E-state index is 0.193. The van der Waals surface area contributed by atoms with Crippen LogP contribution in [0.4, 0.5) is 5.82 Å². The lowest BCUT2D eigenvalue weighted by Gasteiger charge is -2.18. The zero-order chi connectivity index (χ0) is 11.2. The van der Waals surface area contributed by atoms with Gasteiger partial charge in [-0.3, -0.25) is 0 Å². The van der Waals surface area contributed by atoms with Crippen molar-refractivity contribution < 1.29 is 5.11 Å². The van der Waals surface area contributed by atoms with Gasteiger partial charge >= 0.3 is 0 Å². The molecule has 0 aromatic carbocycles. The third-order valence-electron chi connectivity index (χ3n) is 2.91. The van der Waals surface area contributed by atoms with Crippen molar-refractivity contribution in [3.05, 3.63) is 12.3 Å². The second kappa shape index (κ2) is 5.86. The molecule has 2 heterocycles. The average molecular weight is 224 g/mol. The number of nitrogens with zero attached hydrogens (tertiary/aromatic N) is 3. The monoisotopic (exact) mass is 224 g/mol. The van der Waals surface area contributed by atoms with E-state index in [9.17, 15) is 0 Å². The van der Waals surface area contributed by atoms with E-state index >= 15 is 0 Å². The van der Waals surface area contributed by atoms with Crippen molar-refractivity contribution in [3.63, 3.8) is 0 Å². The molecule has 5 nitrogen and oxygen atoms in total. The second-order valence-corrected chi connectivity index (χ2v) is 4.08. The lowest BCUT2D eigenvalue weighted by Crippen LogP contribution is -2.26. The van der Waals surface area contributed by atoms with E-state index in [1.807, 2.05) is 10.9 Å². The number of rotatable bonds is 6. The molecule has 1 aromatic heterocycles. The highest BCUT2D eigenvalue weighted by atomic mass is 16.3. The molecule has 0 spiro atoms. The molecule has 0 bridgehead atoms. The van der Waals surface area contributed by atoms with Crippen LogP contribution in [-0.4, -0.2) is 47.7 Å². The molecule has 1 aliphatic heterocycles. The third-order valence-corrected chi connectivity index (χ3v) is 2.91. The number of anilines is 1. The van der Waals surface area contributed by atoms with Gasteiger partial charge in [-0.2, -0.15) is 5.10 Å². The molecular formula is C11H20N4O. The maximum Gasteiger partial charge on any atom is 0.126 e.